The van der Waals surface area contributed by atoms with Crippen LogP contribution in [0, 0.1) is 0 Å². The van der Waals surface area contributed by atoms with Crippen LogP contribution in [0.2, 0.25) is 0 Å². The summed E-state index contributed by atoms with van der Waals surface area (Å²) in [5.41, 5.74) is 19.3. The Labute approximate surface area is 511 Å². The molecule has 414 valence electrons. The lowest BCUT2D eigenvalue weighted by molar-refractivity contribution is 0.417. The second-order valence-electron chi connectivity index (χ2n) is 23.4. The summed E-state index contributed by atoms with van der Waals surface area (Å²) >= 11 is 0. The fourth-order valence-electron chi connectivity index (χ4n) is 15.1. The summed E-state index contributed by atoms with van der Waals surface area (Å²) in [6.45, 7) is 0. The molecular formula is C82H51N7. The van der Waals surface area contributed by atoms with Crippen LogP contribution in [-0.4, -0.2) is 33.2 Å². The van der Waals surface area contributed by atoms with E-state index in [1.54, 1.807) is 0 Å². The fraction of sp³-hybridized carbons (Fsp3) is 0.0122. The molecule has 1 aliphatic rings. The van der Waals surface area contributed by atoms with Crippen LogP contribution in [0.1, 0.15) is 11.1 Å². The number of benzene rings is 13. The highest BCUT2D eigenvalue weighted by atomic mass is 15.3. The van der Waals surface area contributed by atoms with Crippen molar-refractivity contribution in [2.24, 2.45) is 0 Å². The van der Waals surface area contributed by atoms with E-state index in [1.165, 1.54) is 21.5 Å². The summed E-state index contributed by atoms with van der Waals surface area (Å²) < 4.78 is 10.6. The lowest BCUT2D eigenvalue weighted by Gasteiger charge is -2.39. The molecule has 5 aromatic heterocycles. The Morgan fingerprint density at radius 3 is 0.966 bits per heavy atom. The molecule has 0 radical (unpaired) electrons. The first-order valence-corrected chi connectivity index (χ1v) is 30.4. The molecule has 0 fully saturated rings. The van der Waals surface area contributed by atoms with E-state index in [9.17, 15) is 0 Å². The normalized spacial score (nSPS) is 12.8. The Morgan fingerprint density at radius 2 is 0.539 bits per heavy atom. The topological polar surface area (TPSA) is 58.4 Å². The van der Waals surface area contributed by atoms with Gasteiger partial charge in [0.15, 0.2) is 23.1 Å². The van der Waals surface area contributed by atoms with Crippen LogP contribution in [0.25, 0.3) is 155 Å². The van der Waals surface area contributed by atoms with Crippen molar-refractivity contribution >= 4 is 87.2 Å². The van der Waals surface area contributed by atoms with E-state index in [2.05, 4.69) is 291 Å². The van der Waals surface area contributed by atoms with Crippen molar-refractivity contribution < 1.29 is 0 Å². The van der Waals surface area contributed by atoms with Gasteiger partial charge < -0.3 is 18.3 Å². The molecule has 0 saturated heterocycles. The Balaban J connectivity index is 1.08. The minimum atomic E-state index is -1.25. The molecule has 89 heavy (non-hydrogen) atoms. The van der Waals surface area contributed by atoms with Crippen molar-refractivity contribution in [3.63, 3.8) is 0 Å². The van der Waals surface area contributed by atoms with Crippen molar-refractivity contribution in [2.75, 3.05) is 0 Å². The molecule has 1 aliphatic carbocycles. The predicted octanol–water partition coefficient (Wildman–Crippen LogP) is 20.2. The van der Waals surface area contributed by atoms with Gasteiger partial charge in [-0.05, 0) is 82.9 Å². The van der Waals surface area contributed by atoms with E-state index in [0.717, 1.165) is 127 Å². The Morgan fingerprint density at radius 1 is 0.225 bits per heavy atom. The third-order valence-corrected chi connectivity index (χ3v) is 18.8. The highest BCUT2D eigenvalue weighted by Crippen LogP contribution is 2.59. The van der Waals surface area contributed by atoms with Crippen molar-refractivity contribution in [2.45, 2.75) is 5.66 Å². The maximum atomic E-state index is 5.48. The summed E-state index contributed by atoms with van der Waals surface area (Å²) in [6, 6.07) is 113. The molecular weight excluding hydrogens is 1080 g/mol. The van der Waals surface area contributed by atoms with Crippen molar-refractivity contribution in [1.82, 2.24) is 33.2 Å². The van der Waals surface area contributed by atoms with Gasteiger partial charge in [0.25, 0.3) is 0 Å². The van der Waals surface area contributed by atoms with Crippen LogP contribution < -0.4 is 0 Å². The molecule has 0 atom stereocenters. The summed E-state index contributed by atoms with van der Waals surface area (Å²) in [5, 5.41) is 9.32. The Kier molecular flexibility index (Phi) is 10.6. The Hall–Kier alpha value is -11.9. The zero-order valence-electron chi connectivity index (χ0n) is 48.1. The van der Waals surface area contributed by atoms with E-state index < -0.39 is 5.66 Å². The minimum Gasteiger partial charge on any atom is -0.307 e. The molecule has 0 spiro atoms. The maximum absolute atomic E-state index is 5.48. The monoisotopic (exact) mass is 1130 g/mol. The second-order valence-corrected chi connectivity index (χ2v) is 23.4. The number of hydrogen-bond acceptors (Lipinski definition) is 3. The molecule has 0 aliphatic heterocycles. The molecule has 19 rings (SSSR count). The third-order valence-electron chi connectivity index (χ3n) is 18.8. The Bertz CT molecular complexity index is 5610. The quantitative estimate of drug-likeness (QED) is 0.152. The van der Waals surface area contributed by atoms with Crippen LogP contribution in [0.5, 0.6) is 0 Å². The number of para-hydroxylation sites is 6. The summed E-state index contributed by atoms with van der Waals surface area (Å²) in [6.07, 6.45) is 0. The lowest BCUT2D eigenvalue weighted by Crippen LogP contribution is -2.42. The smallest absolute Gasteiger partial charge is 0.176 e. The molecule has 0 amide bonds. The first-order valence-electron chi connectivity index (χ1n) is 30.4. The highest BCUT2D eigenvalue weighted by Gasteiger charge is 2.51. The minimum absolute atomic E-state index is 0.581. The predicted molar refractivity (Wildman–Crippen MR) is 366 cm³/mol. The van der Waals surface area contributed by atoms with E-state index in [0.29, 0.717) is 17.5 Å². The largest absolute Gasteiger partial charge is 0.307 e. The molecule has 5 heterocycles. The van der Waals surface area contributed by atoms with E-state index in [4.69, 9.17) is 15.0 Å². The van der Waals surface area contributed by atoms with Gasteiger partial charge in [0.2, 0.25) is 0 Å². The van der Waals surface area contributed by atoms with Gasteiger partial charge in [-0.2, -0.15) is 0 Å². The maximum Gasteiger partial charge on any atom is 0.176 e. The van der Waals surface area contributed by atoms with Crippen LogP contribution in [0.4, 0.5) is 0 Å². The van der Waals surface area contributed by atoms with Crippen LogP contribution in [-0.2, 0) is 5.66 Å². The first-order chi connectivity index (χ1) is 44.2. The van der Waals surface area contributed by atoms with Gasteiger partial charge in [-0.15, -0.1) is 0 Å². The molecule has 7 heteroatoms. The number of fused-ring (bicyclic) bond motifs is 17. The lowest BCUT2D eigenvalue weighted by atomic mass is 9.91. The first kappa shape index (κ1) is 49.3. The van der Waals surface area contributed by atoms with Crippen LogP contribution >= 0.6 is 0 Å². The van der Waals surface area contributed by atoms with Crippen molar-refractivity contribution in [1.29, 1.82) is 0 Å². The summed E-state index contributed by atoms with van der Waals surface area (Å²) in [5.74, 6) is 1.79. The van der Waals surface area contributed by atoms with E-state index in [-0.39, 0.29) is 0 Å². The van der Waals surface area contributed by atoms with E-state index in [1.807, 2.05) is 36.4 Å². The molecule has 0 N–H and O–H groups in total. The zero-order chi connectivity index (χ0) is 58.3. The van der Waals surface area contributed by atoms with Gasteiger partial charge in [-0.1, -0.05) is 249 Å². The SMILES string of the molecule is c1ccc(-c2ccc3c(c2)C(n2c4ccccc4c4ccc5c6ccccc6n(-c6ccccc6)c5c42)(n2c4ccccc4c4ccc5c6ccccc6n(-c6ccccc6)c5c42)c2cc(-c4nc(-c5ccccc5)nc(-c5ccccc5)n4)ccc2-3)cc1. The molecule has 7 nitrogen and oxygen atoms in total. The van der Waals surface area contributed by atoms with Gasteiger partial charge in [-0.25, -0.2) is 15.0 Å². The molecule has 0 bridgehead atoms. The average Bonchev–Trinajstić information content (AvgIpc) is 1.50. The summed E-state index contributed by atoms with van der Waals surface area (Å²) in [7, 11) is 0. The zero-order valence-corrected chi connectivity index (χ0v) is 48.1. The highest BCUT2D eigenvalue weighted by molar-refractivity contribution is 6.26. The molecule has 13 aromatic carbocycles. The van der Waals surface area contributed by atoms with Crippen molar-refractivity contribution in [3.05, 3.63) is 321 Å². The third kappa shape index (κ3) is 7.01. The van der Waals surface area contributed by atoms with Gasteiger partial charge in [0.05, 0.1) is 44.1 Å². The summed E-state index contributed by atoms with van der Waals surface area (Å²) in [4.78, 5) is 16.2. The van der Waals surface area contributed by atoms with Gasteiger partial charge in [0.1, 0.15) is 0 Å². The standard InChI is InChI=1S/C82H51N7/c1-6-24-52(25-7-1)55-42-44-59-60-45-43-56(81-84-79(53-26-8-2-9-27-53)83-80(85-81)54-28-10-3-11-29-54)51-70(60)82(69(59)50-55,88-73-40-22-18-36-63(73)67-48-46-65-61-34-16-20-38-71(61)86(75(65)77(67)88)57-30-12-4-13-31-57)89-74-41-23-19-37-64(74)68-49-47-66-62-35-17-21-39-72(62)87(76(66)78(68)89)58-32-14-5-15-33-58/h1-51H. The van der Waals surface area contributed by atoms with Crippen LogP contribution in [0.15, 0.2) is 309 Å². The average molecular weight is 1130 g/mol. The van der Waals surface area contributed by atoms with Gasteiger partial charge in [0, 0.05) is 82.3 Å². The van der Waals surface area contributed by atoms with Crippen molar-refractivity contribution in [3.8, 4) is 67.8 Å². The van der Waals surface area contributed by atoms with E-state index >= 15 is 0 Å². The number of rotatable bonds is 8. The second kappa shape index (κ2) is 19.0. The number of hydrogen-bond donors (Lipinski definition) is 0. The molecule has 0 saturated carbocycles. The number of aromatic nitrogens is 7. The van der Waals surface area contributed by atoms with Gasteiger partial charge >= 0.3 is 0 Å². The fourth-order valence-corrected chi connectivity index (χ4v) is 15.1. The molecule has 18 aromatic rings. The van der Waals surface area contributed by atoms with Gasteiger partial charge in [-0.3, -0.25) is 0 Å². The van der Waals surface area contributed by atoms with Crippen LogP contribution in [0.3, 0.4) is 0 Å². The number of nitrogens with zero attached hydrogens (tertiary/aromatic N) is 7. The molecule has 0 unspecified atom stereocenters.